The first kappa shape index (κ1) is 23.9. The number of rotatable bonds is 3. The number of hydrogen-bond donors (Lipinski definition) is 0. The molecule has 0 amide bonds. The van der Waals surface area contributed by atoms with Crippen LogP contribution in [0.3, 0.4) is 0 Å². The Balaban J connectivity index is 0.000000631. The lowest BCUT2D eigenvalue weighted by atomic mass is 9.99. The highest BCUT2D eigenvalue weighted by Gasteiger charge is 2.22. The van der Waals surface area contributed by atoms with Gasteiger partial charge in [0, 0.05) is 5.56 Å². The lowest BCUT2D eigenvalue weighted by Gasteiger charge is -2.04. The molecule has 0 unspecified atom stereocenters. The van der Waals surface area contributed by atoms with E-state index in [1.807, 2.05) is 6.07 Å². The predicted molar refractivity (Wildman–Crippen MR) is 118 cm³/mol. The number of aryl methyl sites for hydroxylation is 2. The molecule has 0 atom stereocenters. The molecule has 0 aliphatic carbocycles. The van der Waals surface area contributed by atoms with Crippen molar-refractivity contribution in [1.29, 1.82) is 0 Å². The zero-order chi connectivity index (χ0) is 21.5. The van der Waals surface area contributed by atoms with Crippen molar-refractivity contribution in [2.24, 2.45) is 0 Å². The molecule has 0 N–H and O–H groups in total. The predicted octanol–water partition coefficient (Wildman–Crippen LogP) is 5.06. The fraction of sp³-hybridized carbons (Fsp3) is 0.0800. The van der Waals surface area contributed by atoms with Crippen molar-refractivity contribution in [2.75, 3.05) is 0 Å². The fourth-order valence-electron chi connectivity index (χ4n) is 3.26. The van der Waals surface area contributed by atoms with Crippen LogP contribution in [-0.2, 0) is 0 Å². The molecular formula is C25H21BF4O. The van der Waals surface area contributed by atoms with Crippen molar-refractivity contribution in [2.45, 2.75) is 13.8 Å². The van der Waals surface area contributed by atoms with Crippen LogP contribution in [0.25, 0.3) is 33.8 Å². The Hall–Kier alpha value is -3.41. The van der Waals surface area contributed by atoms with Gasteiger partial charge in [-0.1, -0.05) is 66.7 Å². The maximum absolute atomic E-state index is 9.67. The SMILES string of the molecule is Cc1ccccc1-c1cc(-c2ccccc2)cc(-c2ccccc2C)[o+]1.FB(F)F.[F-]. The summed E-state index contributed by atoms with van der Waals surface area (Å²) in [5.74, 6) is 1.78. The van der Waals surface area contributed by atoms with Crippen LogP contribution in [0, 0.1) is 13.8 Å². The summed E-state index contributed by atoms with van der Waals surface area (Å²) in [5, 5.41) is 0. The monoisotopic (exact) mass is 424 g/mol. The quantitative estimate of drug-likeness (QED) is 0.254. The zero-order valence-corrected chi connectivity index (χ0v) is 17.2. The number of benzene rings is 3. The smallest absolute Gasteiger partial charge is 0.762 e. The molecule has 0 aliphatic heterocycles. The molecule has 1 aromatic heterocycles. The molecule has 1 heterocycles. The molecule has 0 spiro atoms. The second-order valence-corrected chi connectivity index (χ2v) is 6.82. The van der Waals surface area contributed by atoms with Crippen LogP contribution in [0.5, 0.6) is 0 Å². The maximum Gasteiger partial charge on any atom is 0.762 e. The van der Waals surface area contributed by atoms with E-state index >= 15 is 0 Å². The molecule has 31 heavy (non-hydrogen) atoms. The van der Waals surface area contributed by atoms with Gasteiger partial charge in [0.15, 0.2) is 0 Å². The Labute approximate surface area is 179 Å². The summed E-state index contributed by atoms with van der Waals surface area (Å²) in [6, 6.07) is 31.4. The Morgan fingerprint density at radius 1 is 0.581 bits per heavy atom. The maximum atomic E-state index is 9.67. The molecule has 3 aromatic carbocycles. The van der Waals surface area contributed by atoms with Gasteiger partial charge in [-0.25, -0.2) is 4.42 Å². The van der Waals surface area contributed by atoms with E-state index in [1.165, 1.54) is 16.7 Å². The topological polar surface area (TPSA) is 11.3 Å². The van der Waals surface area contributed by atoms with Gasteiger partial charge in [-0.3, -0.25) is 12.9 Å². The van der Waals surface area contributed by atoms with Gasteiger partial charge in [0.2, 0.25) is 0 Å². The number of hydrogen-bond acceptors (Lipinski definition) is 0. The summed E-state index contributed by atoms with van der Waals surface area (Å²) in [6.07, 6.45) is 0. The Bertz CT molecular complexity index is 1050. The van der Waals surface area contributed by atoms with Crippen molar-refractivity contribution in [3.05, 3.63) is 102 Å². The van der Waals surface area contributed by atoms with Gasteiger partial charge in [-0.15, -0.1) is 0 Å². The third kappa shape index (κ3) is 6.28. The van der Waals surface area contributed by atoms with Crippen LogP contribution in [0.2, 0.25) is 0 Å². The van der Waals surface area contributed by atoms with Gasteiger partial charge in [-0.05, 0) is 42.7 Å². The minimum absolute atomic E-state index is 0. The van der Waals surface area contributed by atoms with E-state index in [1.54, 1.807) is 0 Å². The largest absolute Gasteiger partial charge is 1.00 e. The van der Waals surface area contributed by atoms with E-state index in [0.29, 0.717) is 0 Å². The zero-order valence-electron chi connectivity index (χ0n) is 17.2. The Morgan fingerprint density at radius 3 is 1.39 bits per heavy atom. The van der Waals surface area contributed by atoms with E-state index in [2.05, 4.69) is 98.8 Å². The third-order valence-electron chi connectivity index (χ3n) is 4.72. The van der Waals surface area contributed by atoms with E-state index in [4.69, 9.17) is 4.42 Å². The third-order valence-corrected chi connectivity index (χ3v) is 4.72. The molecule has 4 rings (SSSR count). The van der Waals surface area contributed by atoms with E-state index < -0.39 is 7.54 Å². The standard InChI is InChI=1S/C25H21O.BF3.FH/c1-18-10-6-8-14-22(18)24-16-21(20-12-4-3-5-13-20)17-25(26-24)23-15-9-7-11-19(23)2;2-1(3)4;/h3-17H,1-2H3;;1H/q+1;;/p-1. The van der Waals surface area contributed by atoms with Crippen LogP contribution in [0.15, 0.2) is 95.4 Å². The van der Waals surface area contributed by atoms with E-state index in [9.17, 15) is 12.9 Å². The highest BCUT2D eigenvalue weighted by molar-refractivity contribution is 6.33. The highest BCUT2D eigenvalue weighted by Crippen LogP contribution is 2.34. The van der Waals surface area contributed by atoms with Crippen molar-refractivity contribution in [1.82, 2.24) is 0 Å². The van der Waals surface area contributed by atoms with Crippen LogP contribution in [-0.4, -0.2) is 7.54 Å². The molecule has 4 aromatic rings. The molecule has 1 nitrogen and oxygen atoms in total. The number of halogens is 4. The Kier molecular flexibility index (Phi) is 8.56. The summed E-state index contributed by atoms with van der Waals surface area (Å²) in [4.78, 5) is 0. The van der Waals surface area contributed by atoms with Crippen LogP contribution in [0.1, 0.15) is 11.1 Å². The van der Waals surface area contributed by atoms with Crippen molar-refractivity contribution < 1.29 is 22.1 Å². The molecule has 158 valence electrons. The van der Waals surface area contributed by atoms with Gasteiger partial charge >= 0.3 is 19.1 Å². The van der Waals surface area contributed by atoms with Crippen molar-refractivity contribution in [3.63, 3.8) is 0 Å². The molecule has 0 aliphatic rings. The summed E-state index contributed by atoms with van der Waals surface area (Å²) in [7, 11) is -3.67. The molecule has 0 saturated heterocycles. The first-order valence-electron chi connectivity index (χ1n) is 9.53. The van der Waals surface area contributed by atoms with Gasteiger partial charge in [0.25, 0.3) is 0 Å². The average molecular weight is 424 g/mol. The molecule has 0 bridgehead atoms. The summed E-state index contributed by atoms with van der Waals surface area (Å²) in [5.41, 5.74) is 7.01. The fourth-order valence-corrected chi connectivity index (χ4v) is 3.26. The van der Waals surface area contributed by atoms with Gasteiger partial charge in [0.1, 0.15) is 0 Å². The van der Waals surface area contributed by atoms with E-state index in [-0.39, 0.29) is 4.70 Å². The van der Waals surface area contributed by atoms with Crippen molar-refractivity contribution in [3.8, 4) is 33.8 Å². The minimum Gasteiger partial charge on any atom is -1.00 e. The van der Waals surface area contributed by atoms with Gasteiger partial charge < -0.3 is 4.70 Å². The Morgan fingerprint density at radius 2 is 0.968 bits per heavy atom. The molecule has 0 radical (unpaired) electrons. The first-order chi connectivity index (χ1) is 14.5. The van der Waals surface area contributed by atoms with E-state index in [0.717, 1.165) is 28.2 Å². The lowest BCUT2D eigenvalue weighted by molar-refractivity contribution is -0.00000931. The molecular weight excluding hydrogens is 403 g/mol. The van der Waals surface area contributed by atoms with Crippen LogP contribution < -0.4 is 4.70 Å². The molecule has 0 fully saturated rings. The lowest BCUT2D eigenvalue weighted by Crippen LogP contribution is -3.00. The summed E-state index contributed by atoms with van der Waals surface area (Å²) in [6.45, 7) is 4.24. The minimum atomic E-state index is -3.67. The molecule has 6 heteroatoms. The molecule has 0 saturated carbocycles. The summed E-state index contributed by atoms with van der Waals surface area (Å²) < 4.78 is 35.4. The van der Waals surface area contributed by atoms with Crippen molar-refractivity contribution >= 4 is 7.54 Å². The second-order valence-electron chi connectivity index (χ2n) is 6.82. The normalized spacial score (nSPS) is 9.84. The summed E-state index contributed by atoms with van der Waals surface area (Å²) >= 11 is 0. The van der Waals surface area contributed by atoms with Crippen LogP contribution >= 0.6 is 0 Å². The van der Waals surface area contributed by atoms with Gasteiger partial charge in [-0.2, -0.15) is 0 Å². The van der Waals surface area contributed by atoms with Gasteiger partial charge in [0.05, 0.1) is 23.3 Å². The second kappa shape index (κ2) is 11.1. The average Bonchev–Trinajstić information content (AvgIpc) is 2.74. The van der Waals surface area contributed by atoms with Crippen LogP contribution in [0.4, 0.5) is 12.9 Å². The first-order valence-corrected chi connectivity index (χ1v) is 9.53. The highest BCUT2D eigenvalue weighted by atomic mass is 19.4.